The van der Waals surface area contributed by atoms with Crippen LogP contribution in [0.4, 0.5) is 5.69 Å². The molecule has 0 unspecified atom stereocenters. The number of benzene rings is 2. The van der Waals surface area contributed by atoms with Crippen LogP contribution in [0, 0.1) is 0 Å². The van der Waals surface area contributed by atoms with Gasteiger partial charge in [0, 0.05) is 18.9 Å². The molecule has 2 aromatic carbocycles. The van der Waals surface area contributed by atoms with Crippen molar-refractivity contribution in [2.24, 2.45) is 0 Å². The summed E-state index contributed by atoms with van der Waals surface area (Å²) in [6, 6.07) is 18.7. The molecule has 3 rings (SSSR count). The summed E-state index contributed by atoms with van der Waals surface area (Å²) in [4.78, 5) is 4.53. The summed E-state index contributed by atoms with van der Waals surface area (Å²) in [5, 5.41) is 0. The Labute approximate surface area is 126 Å². The van der Waals surface area contributed by atoms with Gasteiger partial charge in [-0.05, 0) is 24.1 Å². The highest BCUT2D eigenvalue weighted by Crippen LogP contribution is 2.29. The molecular formula is C18H20N2O. The molecule has 0 saturated carbocycles. The summed E-state index contributed by atoms with van der Waals surface area (Å²) >= 11 is 0. The zero-order chi connectivity index (χ0) is 14.5. The largest absolute Gasteiger partial charge is 0.495 e. The first-order valence-corrected chi connectivity index (χ1v) is 7.23. The molecule has 3 nitrogen and oxygen atoms in total. The Hall–Kier alpha value is -2.42. The first-order valence-electron chi connectivity index (χ1n) is 7.23. The van der Waals surface area contributed by atoms with E-state index in [1.807, 2.05) is 18.2 Å². The average molecular weight is 280 g/mol. The van der Waals surface area contributed by atoms with Crippen LogP contribution >= 0.6 is 0 Å². The third-order valence-electron chi connectivity index (χ3n) is 3.72. The summed E-state index contributed by atoms with van der Waals surface area (Å²) in [6.07, 6.45) is 5.32. The Morgan fingerprint density at radius 3 is 2.52 bits per heavy atom. The lowest BCUT2D eigenvalue weighted by Crippen LogP contribution is -2.26. The van der Waals surface area contributed by atoms with Crippen LogP contribution in [-0.2, 0) is 6.42 Å². The average Bonchev–Trinajstić information content (AvgIpc) is 3.02. The van der Waals surface area contributed by atoms with Gasteiger partial charge in [-0.25, -0.2) is 0 Å². The number of ether oxygens (including phenoxy) is 1. The van der Waals surface area contributed by atoms with E-state index in [1.54, 1.807) is 7.11 Å². The van der Waals surface area contributed by atoms with Crippen molar-refractivity contribution in [1.82, 2.24) is 4.90 Å². The van der Waals surface area contributed by atoms with Crippen molar-refractivity contribution in [2.45, 2.75) is 6.42 Å². The van der Waals surface area contributed by atoms with E-state index in [4.69, 9.17) is 4.74 Å². The number of methoxy groups -OCH3 is 1. The topological polar surface area (TPSA) is 15.7 Å². The maximum Gasteiger partial charge on any atom is 0.142 e. The van der Waals surface area contributed by atoms with Gasteiger partial charge in [0.1, 0.15) is 5.75 Å². The lowest BCUT2D eigenvalue weighted by atomic mass is 10.1. The fraction of sp³-hybridized carbons (Fsp3) is 0.222. The first kappa shape index (κ1) is 13.6. The summed E-state index contributed by atoms with van der Waals surface area (Å²) in [7, 11) is 1.71. The monoisotopic (exact) mass is 280 g/mol. The Bertz CT molecular complexity index is 610. The van der Waals surface area contributed by atoms with Crippen LogP contribution in [0.15, 0.2) is 67.0 Å². The van der Waals surface area contributed by atoms with Crippen molar-refractivity contribution in [2.75, 3.05) is 25.2 Å². The molecule has 1 aliphatic heterocycles. The molecular weight excluding hydrogens is 260 g/mol. The minimum Gasteiger partial charge on any atom is -0.495 e. The summed E-state index contributed by atoms with van der Waals surface area (Å²) in [5.74, 6) is 0.909. The van der Waals surface area contributed by atoms with Crippen molar-refractivity contribution >= 4 is 5.69 Å². The number of rotatable bonds is 5. The number of hydrogen-bond donors (Lipinski definition) is 0. The molecule has 0 spiro atoms. The molecule has 0 aliphatic carbocycles. The quantitative estimate of drug-likeness (QED) is 0.834. The van der Waals surface area contributed by atoms with Gasteiger partial charge in [-0.2, -0.15) is 0 Å². The SMILES string of the molecule is COc1ccccc1N1C=CN(CCc2ccccc2)C1. The van der Waals surface area contributed by atoms with E-state index in [-0.39, 0.29) is 0 Å². The molecule has 1 aliphatic rings. The van der Waals surface area contributed by atoms with E-state index in [9.17, 15) is 0 Å². The molecule has 2 aromatic rings. The van der Waals surface area contributed by atoms with E-state index in [1.165, 1.54) is 5.56 Å². The smallest absolute Gasteiger partial charge is 0.142 e. The molecule has 0 saturated heterocycles. The van der Waals surface area contributed by atoms with Crippen molar-refractivity contribution < 1.29 is 4.74 Å². The lowest BCUT2D eigenvalue weighted by Gasteiger charge is -2.22. The van der Waals surface area contributed by atoms with Crippen LogP contribution in [-0.4, -0.2) is 25.2 Å². The molecule has 0 fully saturated rings. The van der Waals surface area contributed by atoms with Gasteiger partial charge in [0.15, 0.2) is 0 Å². The van der Waals surface area contributed by atoms with Crippen LogP contribution < -0.4 is 9.64 Å². The number of para-hydroxylation sites is 2. The summed E-state index contributed by atoms with van der Waals surface area (Å²) in [6.45, 7) is 1.89. The minimum absolute atomic E-state index is 0.868. The van der Waals surface area contributed by atoms with Crippen LogP contribution in [0.1, 0.15) is 5.56 Å². The molecule has 0 amide bonds. The minimum atomic E-state index is 0.868. The summed E-state index contributed by atoms with van der Waals surface area (Å²) < 4.78 is 5.43. The van der Waals surface area contributed by atoms with Gasteiger partial charge in [-0.1, -0.05) is 42.5 Å². The molecule has 108 valence electrons. The summed E-state index contributed by atoms with van der Waals surface area (Å²) in [5.41, 5.74) is 2.49. The van der Waals surface area contributed by atoms with Gasteiger partial charge in [0.25, 0.3) is 0 Å². The molecule has 0 radical (unpaired) electrons. The predicted molar refractivity (Wildman–Crippen MR) is 86.3 cm³/mol. The van der Waals surface area contributed by atoms with E-state index < -0.39 is 0 Å². The maximum absolute atomic E-state index is 5.43. The molecule has 3 heteroatoms. The molecule has 0 bridgehead atoms. The first-order chi connectivity index (χ1) is 10.4. The van der Waals surface area contributed by atoms with Gasteiger partial charge in [0.2, 0.25) is 0 Å². The number of nitrogens with zero attached hydrogens (tertiary/aromatic N) is 2. The van der Waals surface area contributed by atoms with Crippen molar-refractivity contribution in [3.05, 3.63) is 72.6 Å². The fourth-order valence-electron chi connectivity index (χ4n) is 2.55. The van der Waals surface area contributed by atoms with Gasteiger partial charge >= 0.3 is 0 Å². The Morgan fingerprint density at radius 2 is 1.71 bits per heavy atom. The third kappa shape index (κ3) is 3.19. The van der Waals surface area contributed by atoms with E-state index in [0.717, 1.165) is 31.1 Å². The van der Waals surface area contributed by atoms with Crippen molar-refractivity contribution in [3.8, 4) is 5.75 Å². The van der Waals surface area contributed by atoms with Gasteiger partial charge in [0.05, 0.1) is 19.5 Å². The Balaban J connectivity index is 1.60. The van der Waals surface area contributed by atoms with Crippen LogP contribution in [0.5, 0.6) is 5.75 Å². The van der Waals surface area contributed by atoms with Gasteiger partial charge < -0.3 is 14.5 Å². The van der Waals surface area contributed by atoms with Gasteiger partial charge in [-0.3, -0.25) is 0 Å². The van der Waals surface area contributed by atoms with Crippen LogP contribution in [0.3, 0.4) is 0 Å². The maximum atomic E-state index is 5.43. The number of hydrogen-bond acceptors (Lipinski definition) is 3. The van der Waals surface area contributed by atoms with Crippen molar-refractivity contribution in [3.63, 3.8) is 0 Å². The molecule has 21 heavy (non-hydrogen) atoms. The second kappa shape index (κ2) is 6.35. The van der Waals surface area contributed by atoms with E-state index in [0.29, 0.717) is 0 Å². The second-order valence-electron chi connectivity index (χ2n) is 5.13. The Kier molecular flexibility index (Phi) is 4.10. The number of anilines is 1. The van der Waals surface area contributed by atoms with Gasteiger partial charge in [-0.15, -0.1) is 0 Å². The second-order valence-corrected chi connectivity index (χ2v) is 5.13. The predicted octanol–water partition coefficient (Wildman–Crippen LogP) is 3.49. The van der Waals surface area contributed by atoms with E-state index in [2.05, 4.69) is 58.6 Å². The standard InChI is InChI=1S/C18H20N2O/c1-21-18-10-6-5-9-17(18)20-14-13-19(15-20)12-11-16-7-3-2-4-8-16/h2-10,13-14H,11-12,15H2,1H3. The Morgan fingerprint density at radius 1 is 0.952 bits per heavy atom. The lowest BCUT2D eigenvalue weighted by molar-refractivity contribution is 0.400. The highest BCUT2D eigenvalue weighted by atomic mass is 16.5. The third-order valence-corrected chi connectivity index (χ3v) is 3.72. The molecule has 1 heterocycles. The molecule has 0 atom stereocenters. The zero-order valence-corrected chi connectivity index (χ0v) is 12.3. The van der Waals surface area contributed by atoms with Crippen molar-refractivity contribution in [1.29, 1.82) is 0 Å². The highest BCUT2D eigenvalue weighted by molar-refractivity contribution is 5.60. The fourth-order valence-corrected chi connectivity index (χ4v) is 2.55. The van der Waals surface area contributed by atoms with E-state index >= 15 is 0 Å². The zero-order valence-electron chi connectivity index (χ0n) is 12.3. The highest BCUT2D eigenvalue weighted by Gasteiger charge is 2.16. The molecule has 0 aromatic heterocycles. The van der Waals surface area contributed by atoms with Crippen LogP contribution in [0.2, 0.25) is 0 Å². The van der Waals surface area contributed by atoms with Crippen LogP contribution in [0.25, 0.3) is 0 Å². The normalized spacial score (nSPS) is 13.8. The molecule has 0 N–H and O–H groups in total.